The van der Waals surface area contributed by atoms with Crippen molar-refractivity contribution >= 4 is 5.91 Å². The van der Waals surface area contributed by atoms with Crippen molar-refractivity contribution < 1.29 is 18.4 Å². The first kappa shape index (κ1) is 17.6. The summed E-state index contributed by atoms with van der Waals surface area (Å²) in [5.74, 6) is 1.32. The Morgan fingerprint density at radius 3 is 2.64 bits per heavy atom. The molecule has 1 aliphatic rings. The Labute approximate surface area is 146 Å². The van der Waals surface area contributed by atoms with Crippen molar-refractivity contribution in [2.24, 2.45) is 11.8 Å². The van der Waals surface area contributed by atoms with E-state index in [4.69, 9.17) is 9.26 Å². The smallest absolute Gasteiger partial charge is 0.248 e. The lowest BCUT2D eigenvalue weighted by atomic mass is 9.92. The molecule has 0 aliphatic carbocycles. The summed E-state index contributed by atoms with van der Waals surface area (Å²) in [5, 5.41) is 3.93. The third-order valence-corrected chi connectivity index (χ3v) is 4.38. The Bertz CT molecular complexity index is 704. The fraction of sp³-hybridized carbons (Fsp3) is 0.474. The zero-order chi connectivity index (χ0) is 17.8. The number of hydrogen-bond acceptors (Lipinski definition) is 4. The van der Waals surface area contributed by atoms with E-state index in [0.29, 0.717) is 23.3 Å². The summed E-state index contributed by atoms with van der Waals surface area (Å²) in [6, 6.07) is 7.73. The molecule has 25 heavy (non-hydrogen) atoms. The van der Waals surface area contributed by atoms with Crippen molar-refractivity contribution in [3.63, 3.8) is 0 Å². The molecule has 0 unspecified atom stereocenters. The predicted octanol–water partition coefficient (Wildman–Crippen LogP) is 3.50. The minimum absolute atomic E-state index is 0.0145. The van der Waals surface area contributed by atoms with E-state index in [2.05, 4.69) is 19.0 Å². The maximum absolute atomic E-state index is 12.9. The van der Waals surface area contributed by atoms with E-state index >= 15 is 0 Å². The third kappa shape index (κ3) is 4.66. The van der Waals surface area contributed by atoms with Gasteiger partial charge in [-0.2, -0.15) is 0 Å². The van der Waals surface area contributed by atoms with Crippen LogP contribution in [0.4, 0.5) is 4.39 Å². The molecule has 0 N–H and O–H groups in total. The van der Waals surface area contributed by atoms with Crippen LogP contribution in [0, 0.1) is 17.7 Å². The molecule has 6 heteroatoms. The minimum Gasteiger partial charge on any atom is -0.365 e. The summed E-state index contributed by atoms with van der Waals surface area (Å²) in [6.07, 6.45) is 1.16. The van der Waals surface area contributed by atoms with E-state index in [0.717, 1.165) is 25.1 Å². The number of carbonyl (C=O) groups excluding carboxylic acids is 1. The molecule has 0 bridgehead atoms. The molecule has 2 aromatic rings. The molecule has 1 aromatic carbocycles. The highest BCUT2D eigenvalue weighted by Gasteiger charge is 2.25. The zero-order valence-corrected chi connectivity index (χ0v) is 14.6. The van der Waals surface area contributed by atoms with Gasteiger partial charge in [-0.05, 0) is 42.5 Å². The Morgan fingerprint density at radius 2 is 1.96 bits per heavy atom. The second kappa shape index (κ2) is 7.78. The van der Waals surface area contributed by atoms with Gasteiger partial charge in [0.25, 0.3) is 0 Å². The van der Waals surface area contributed by atoms with Crippen molar-refractivity contribution in [2.75, 3.05) is 19.7 Å². The van der Waals surface area contributed by atoms with Crippen molar-refractivity contribution in [1.82, 2.24) is 10.1 Å². The number of piperidine rings is 1. The largest absolute Gasteiger partial charge is 0.365 e. The van der Waals surface area contributed by atoms with Crippen LogP contribution in [0.25, 0.3) is 11.3 Å². The van der Waals surface area contributed by atoms with Gasteiger partial charge in [0, 0.05) is 24.7 Å². The summed E-state index contributed by atoms with van der Waals surface area (Å²) in [6.45, 7) is 6.18. The van der Waals surface area contributed by atoms with Crippen LogP contribution in [0.15, 0.2) is 34.9 Å². The number of benzene rings is 1. The summed E-state index contributed by atoms with van der Waals surface area (Å²) >= 11 is 0. The molecule has 1 saturated heterocycles. The highest BCUT2D eigenvalue weighted by atomic mass is 19.1. The minimum atomic E-state index is -0.299. The molecule has 1 amide bonds. The Kier molecular flexibility index (Phi) is 5.48. The quantitative estimate of drug-likeness (QED) is 0.831. The first-order valence-corrected chi connectivity index (χ1v) is 8.58. The average molecular weight is 346 g/mol. The molecule has 0 radical (unpaired) electrons. The zero-order valence-electron chi connectivity index (χ0n) is 14.6. The van der Waals surface area contributed by atoms with Crippen molar-refractivity contribution in [1.29, 1.82) is 0 Å². The van der Waals surface area contributed by atoms with E-state index in [9.17, 15) is 9.18 Å². The SMILES string of the molecule is C[C@@H]1C[C@@H](C)CN(C(=O)COCc2cc(-c3ccc(F)cc3)on2)C1. The van der Waals surface area contributed by atoms with Crippen molar-refractivity contribution in [3.8, 4) is 11.3 Å². The van der Waals surface area contributed by atoms with Gasteiger partial charge in [0.05, 0.1) is 6.61 Å². The highest BCUT2D eigenvalue weighted by molar-refractivity contribution is 5.77. The average Bonchev–Trinajstić information content (AvgIpc) is 3.03. The predicted molar refractivity (Wildman–Crippen MR) is 91.1 cm³/mol. The number of halogens is 1. The lowest BCUT2D eigenvalue weighted by molar-refractivity contribution is -0.139. The molecule has 0 saturated carbocycles. The first-order valence-electron chi connectivity index (χ1n) is 8.58. The molecule has 3 rings (SSSR count). The van der Waals surface area contributed by atoms with Gasteiger partial charge in [0.1, 0.15) is 18.1 Å². The number of carbonyl (C=O) groups is 1. The topological polar surface area (TPSA) is 55.6 Å². The number of ether oxygens (including phenoxy) is 1. The second-order valence-electron chi connectivity index (χ2n) is 6.93. The number of nitrogens with zero attached hydrogens (tertiary/aromatic N) is 2. The fourth-order valence-electron chi connectivity index (χ4n) is 3.33. The highest BCUT2D eigenvalue weighted by Crippen LogP contribution is 2.22. The summed E-state index contributed by atoms with van der Waals surface area (Å²) < 4.78 is 23.7. The van der Waals surface area contributed by atoms with Crippen LogP contribution in [0.2, 0.25) is 0 Å². The van der Waals surface area contributed by atoms with E-state index in [1.165, 1.54) is 12.1 Å². The molecular formula is C19H23FN2O3. The Morgan fingerprint density at radius 1 is 1.28 bits per heavy atom. The van der Waals surface area contributed by atoms with Crippen LogP contribution in [-0.4, -0.2) is 35.7 Å². The van der Waals surface area contributed by atoms with Gasteiger partial charge < -0.3 is 14.2 Å². The first-order chi connectivity index (χ1) is 12.0. The number of aromatic nitrogens is 1. The molecule has 5 nitrogen and oxygen atoms in total. The molecule has 2 heterocycles. The molecule has 0 spiro atoms. The van der Waals surface area contributed by atoms with Gasteiger partial charge in [-0.3, -0.25) is 4.79 Å². The fourth-order valence-corrected chi connectivity index (χ4v) is 3.33. The van der Waals surface area contributed by atoms with E-state index in [1.54, 1.807) is 18.2 Å². The molecule has 1 aliphatic heterocycles. The van der Waals surface area contributed by atoms with E-state index in [-0.39, 0.29) is 24.9 Å². The number of amides is 1. The summed E-state index contributed by atoms with van der Waals surface area (Å²) in [5.41, 5.74) is 1.35. The van der Waals surface area contributed by atoms with Gasteiger partial charge in [0.15, 0.2) is 5.76 Å². The van der Waals surface area contributed by atoms with Gasteiger partial charge in [-0.15, -0.1) is 0 Å². The number of hydrogen-bond donors (Lipinski definition) is 0. The van der Waals surface area contributed by atoms with Crippen LogP contribution in [-0.2, 0) is 16.1 Å². The Balaban J connectivity index is 1.49. The van der Waals surface area contributed by atoms with Gasteiger partial charge >= 0.3 is 0 Å². The molecule has 134 valence electrons. The van der Waals surface area contributed by atoms with Crippen LogP contribution in [0.5, 0.6) is 0 Å². The summed E-state index contributed by atoms with van der Waals surface area (Å²) in [7, 11) is 0. The van der Waals surface area contributed by atoms with Crippen LogP contribution in [0.1, 0.15) is 26.0 Å². The molecule has 1 fully saturated rings. The van der Waals surface area contributed by atoms with Crippen LogP contribution >= 0.6 is 0 Å². The second-order valence-corrected chi connectivity index (χ2v) is 6.93. The van der Waals surface area contributed by atoms with E-state index < -0.39 is 0 Å². The maximum atomic E-state index is 12.9. The maximum Gasteiger partial charge on any atom is 0.248 e. The van der Waals surface area contributed by atoms with E-state index in [1.807, 2.05) is 4.90 Å². The van der Waals surface area contributed by atoms with Crippen molar-refractivity contribution in [3.05, 3.63) is 41.8 Å². The van der Waals surface area contributed by atoms with Crippen LogP contribution < -0.4 is 0 Å². The standard InChI is InChI=1S/C19H23FN2O3/c1-13-7-14(2)10-22(9-13)19(23)12-24-11-17-8-18(25-21-17)15-3-5-16(20)6-4-15/h3-6,8,13-14H,7,9-12H2,1-2H3/t13-,14-/m1/s1. The number of rotatable bonds is 5. The lowest BCUT2D eigenvalue weighted by Crippen LogP contribution is -2.44. The van der Waals surface area contributed by atoms with Gasteiger partial charge in [-0.25, -0.2) is 4.39 Å². The molecular weight excluding hydrogens is 323 g/mol. The molecule has 1 aromatic heterocycles. The molecule has 2 atom stereocenters. The van der Waals surface area contributed by atoms with Gasteiger partial charge in [0.2, 0.25) is 5.91 Å². The van der Waals surface area contributed by atoms with Crippen LogP contribution in [0.3, 0.4) is 0 Å². The lowest BCUT2D eigenvalue weighted by Gasteiger charge is -2.34. The summed E-state index contributed by atoms with van der Waals surface area (Å²) in [4.78, 5) is 14.1. The van der Waals surface area contributed by atoms with Gasteiger partial charge in [-0.1, -0.05) is 19.0 Å². The third-order valence-electron chi connectivity index (χ3n) is 4.38. The van der Waals surface area contributed by atoms with Crippen molar-refractivity contribution in [2.45, 2.75) is 26.9 Å². The number of likely N-dealkylation sites (tertiary alicyclic amines) is 1. The normalized spacial score (nSPS) is 20.7. The Hall–Kier alpha value is -2.21. The monoisotopic (exact) mass is 346 g/mol.